The van der Waals surface area contributed by atoms with Gasteiger partial charge in [-0.05, 0) is 38.3 Å². The molecule has 0 aliphatic rings. The summed E-state index contributed by atoms with van der Waals surface area (Å²) in [5.41, 5.74) is 3.01. The van der Waals surface area contributed by atoms with Crippen LogP contribution in [0.3, 0.4) is 0 Å². The standard InChI is InChI=1S/C14H22N2O2/c1-9-5-6-13(10(2)7-9)16-14(18)15-12(4)11(3)8-17/h5-7,11-12,17H,8H2,1-4H3,(H2,15,16,18)/t11-,12-/m0/s1. The summed E-state index contributed by atoms with van der Waals surface area (Å²) in [6.07, 6.45) is 0. The van der Waals surface area contributed by atoms with Crippen LogP contribution in [0.5, 0.6) is 0 Å². The van der Waals surface area contributed by atoms with Gasteiger partial charge in [-0.15, -0.1) is 0 Å². The molecule has 4 nitrogen and oxygen atoms in total. The molecule has 0 radical (unpaired) electrons. The molecule has 100 valence electrons. The minimum atomic E-state index is -0.241. The number of aryl methyl sites for hydroxylation is 2. The van der Waals surface area contributed by atoms with Crippen molar-refractivity contribution in [1.82, 2.24) is 5.32 Å². The lowest BCUT2D eigenvalue weighted by molar-refractivity contribution is 0.204. The van der Waals surface area contributed by atoms with Crippen molar-refractivity contribution in [2.45, 2.75) is 33.7 Å². The fraction of sp³-hybridized carbons (Fsp3) is 0.500. The highest BCUT2D eigenvalue weighted by Crippen LogP contribution is 2.15. The number of carbonyl (C=O) groups excluding carboxylic acids is 1. The number of carbonyl (C=O) groups is 1. The first-order valence-corrected chi connectivity index (χ1v) is 6.19. The van der Waals surface area contributed by atoms with E-state index in [1.54, 1.807) is 0 Å². The van der Waals surface area contributed by atoms with Crippen molar-refractivity contribution >= 4 is 11.7 Å². The van der Waals surface area contributed by atoms with Gasteiger partial charge in [0.1, 0.15) is 0 Å². The first-order valence-electron chi connectivity index (χ1n) is 6.19. The molecule has 0 bridgehead atoms. The van der Waals surface area contributed by atoms with Crippen molar-refractivity contribution in [3.05, 3.63) is 29.3 Å². The lowest BCUT2D eigenvalue weighted by Gasteiger charge is -2.20. The van der Waals surface area contributed by atoms with Crippen LogP contribution in [0, 0.1) is 19.8 Å². The smallest absolute Gasteiger partial charge is 0.319 e. The molecule has 0 fully saturated rings. The molecule has 1 aromatic carbocycles. The van der Waals surface area contributed by atoms with Crippen LogP contribution in [0.25, 0.3) is 0 Å². The van der Waals surface area contributed by atoms with Gasteiger partial charge >= 0.3 is 6.03 Å². The van der Waals surface area contributed by atoms with Crippen LogP contribution in [-0.2, 0) is 0 Å². The number of rotatable bonds is 4. The Kier molecular flexibility index (Phi) is 5.16. The topological polar surface area (TPSA) is 61.4 Å². The minimum Gasteiger partial charge on any atom is -0.396 e. The maximum Gasteiger partial charge on any atom is 0.319 e. The van der Waals surface area contributed by atoms with Crippen LogP contribution >= 0.6 is 0 Å². The van der Waals surface area contributed by atoms with Crippen molar-refractivity contribution in [3.63, 3.8) is 0 Å². The van der Waals surface area contributed by atoms with Crippen molar-refractivity contribution in [1.29, 1.82) is 0 Å². The Balaban J connectivity index is 2.59. The second kappa shape index (κ2) is 6.40. The monoisotopic (exact) mass is 250 g/mol. The summed E-state index contributed by atoms with van der Waals surface area (Å²) >= 11 is 0. The van der Waals surface area contributed by atoms with Gasteiger partial charge < -0.3 is 15.7 Å². The summed E-state index contributed by atoms with van der Waals surface area (Å²) in [6.45, 7) is 7.81. The average molecular weight is 250 g/mol. The van der Waals surface area contributed by atoms with Gasteiger partial charge in [0.25, 0.3) is 0 Å². The summed E-state index contributed by atoms with van der Waals surface area (Å²) < 4.78 is 0. The van der Waals surface area contributed by atoms with E-state index in [2.05, 4.69) is 10.6 Å². The average Bonchev–Trinajstić information content (AvgIpc) is 2.31. The van der Waals surface area contributed by atoms with E-state index in [0.29, 0.717) is 0 Å². The number of hydrogen-bond donors (Lipinski definition) is 3. The van der Waals surface area contributed by atoms with Crippen LogP contribution in [-0.4, -0.2) is 23.8 Å². The first kappa shape index (κ1) is 14.5. The zero-order chi connectivity index (χ0) is 13.7. The molecule has 0 spiro atoms. The van der Waals surface area contributed by atoms with Crippen molar-refractivity contribution in [2.75, 3.05) is 11.9 Å². The molecule has 18 heavy (non-hydrogen) atoms. The summed E-state index contributed by atoms with van der Waals surface area (Å²) in [7, 11) is 0. The number of anilines is 1. The van der Waals surface area contributed by atoms with Crippen LogP contribution < -0.4 is 10.6 Å². The number of aliphatic hydroxyl groups excluding tert-OH is 1. The zero-order valence-electron chi connectivity index (χ0n) is 11.4. The van der Waals surface area contributed by atoms with E-state index >= 15 is 0 Å². The highest BCUT2D eigenvalue weighted by Gasteiger charge is 2.14. The van der Waals surface area contributed by atoms with Gasteiger partial charge in [-0.25, -0.2) is 4.79 Å². The second-order valence-corrected chi connectivity index (χ2v) is 4.87. The van der Waals surface area contributed by atoms with E-state index < -0.39 is 0 Å². The number of urea groups is 1. The van der Waals surface area contributed by atoms with Gasteiger partial charge in [-0.2, -0.15) is 0 Å². The van der Waals surface area contributed by atoms with Crippen molar-refractivity contribution in [2.24, 2.45) is 5.92 Å². The quantitative estimate of drug-likeness (QED) is 0.768. The van der Waals surface area contributed by atoms with Crippen molar-refractivity contribution < 1.29 is 9.90 Å². The molecule has 0 aromatic heterocycles. The summed E-state index contributed by atoms with van der Waals surface area (Å²) in [6, 6.07) is 5.57. The Morgan fingerprint density at radius 1 is 1.33 bits per heavy atom. The third kappa shape index (κ3) is 4.04. The number of nitrogens with one attached hydrogen (secondary N) is 2. The molecular formula is C14H22N2O2. The van der Waals surface area contributed by atoms with Gasteiger partial charge in [0.15, 0.2) is 0 Å². The number of hydrogen-bond acceptors (Lipinski definition) is 2. The third-order valence-electron chi connectivity index (χ3n) is 3.13. The Hall–Kier alpha value is -1.55. The molecule has 0 saturated carbocycles. The Labute approximate surface area is 108 Å². The molecule has 2 atom stereocenters. The summed E-state index contributed by atoms with van der Waals surface area (Å²) in [4.78, 5) is 11.8. The van der Waals surface area contributed by atoms with Crippen LogP contribution in [0.2, 0.25) is 0 Å². The van der Waals surface area contributed by atoms with Crippen molar-refractivity contribution in [3.8, 4) is 0 Å². The summed E-state index contributed by atoms with van der Waals surface area (Å²) in [5.74, 6) is 0.0369. The molecule has 0 aliphatic heterocycles. The lowest BCUT2D eigenvalue weighted by atomic mass is 10.1. The highest BCUT2D eigenvalue weighted by atomic mass is 16.3. The fourth-order valence-corrected chi connectivity index (χ4v) is 1.62. The van der Waals surface area contributed by atoms with Gasteiger partial charge in [0, 0.05) is 18.3 Å². The normalized spacial score (nSPS) is 13.8. The van der Waals surface area contributed by atoms with E-state index in [9.17, 15) is 4.79 Å². The number of amides is 2. The second-order valence-electron chi connectivity index (χ2n) is 4.87. The molecule has 0 unspecified atom stereocenters. The molecule has 3 N–H and O–H groups in total. The first-order chi connectivity index (χ1) is 8.43. The lowest BCUT2D eigenvalue weighted by Crippen LogP contribution is -2.40. The van der Waals surface area contributed by atoms with Crippen LogP contribution in [0.4, 0.5) is 10.5 Å². The van der Waals surface area contributed by atoms with E-state index in [4.69, 9.17) is 5.11 Å². The zero-order valence-corrected chi connectivity index (χ0v) is 11.4. The van der Waals surface area contributed by atoms with Gasteiger partial charge in [0.05, 0.1) is 0 Å². The SMILES string of the molecule is Cc1ccc(NC(=O)N[C@@H](C)[C@@H](C)CO)c(C)c1. The predicted octanol–water partition coefficient (Wildman–Crippen LogP) is 2.44. The summed E-state index contributed by atoms with van der Waals surface area (Å²) in [5, 5.41) is 14.6. The minimum absolute atomic E-state index is 0.0369. The van der Waals surface area contributed by atoms with Gasteiger partial charge in [0.2, 0.25) is 0 Å². The maximum absolute atomic E-state index is 11.8. The fourth-order valence-electron chi connectivity index (χ4n) is 1.62. The number of benzene rings is 1. The molecular weight excluding hydrogens is 228 g/mol. The third-order valence-corrected chi connectivity index (χ3v) is 3.13. The highest BCUT2D eigenvalue weighted by molar-refractivity contribution is 5.90. The molecule has 0 aliphatic carbocycles. The molecule has 1 rings (SSSR count). The van der Waals surface area contributed by atoms with Crippen LogP contribution in [0.1, 0.15) is 25.0 Å². The van der Waals surface area contributed by atoms with E-state index in [0.717, 1.165) is 11.3 Å². The molecule has 4 heteroatoms. The Bertz CT molecular complexity index is 418. The molecule has 2 amide bonds. The maximum atomic E-state index is 11.8. The predicted molar refractivity (Wildman–Crippen MR) is 73.8 cm³/mol. The molecule has 1 aromatic rings. The molecule has 0 heterocycles. The Morgan fingerprint density at radius 3 is 2.56 bits per heavy atom. The largest absolute Gasteiger partial charge is 0.396 e. The van der Waals surface area contributed by atoms with E-state index in [1.807, 2.05) is 45.9 Å². The van der Waals surface area contributed by atoms with E-state index in [1.165, 1.54) is 5.56 Å². The van der Waals surface area contributed by atoms with E-state index in [-0.39, 0.29) is 24.6 Å². The number of aliphatic hydroxyl groups is 1. The van der Waals surface area contributed by atoms with Gasteiger partial charge in [-0.3, -0.25) is 0 Å². The molecule has 0 saturated heterocycles. The van der Waals surface area contributed by atoms with Crippen LogP contribution in [0.15, 0.2) is 18.2 Å². The van der Waals surface area contributed by atoms with Gasteiger partial charge in [-0.1, -0.05) is 24.6 Å². The Morgan fingerprint density at radius 2 is 2.00 bits per heavy atom.